The van der Waals surface area contributed by atoms with E-state index in [1.807, 2.05) is 36.7 Å². The highest BCUT2D eigenvalue weighted by Crippen LogP contribution is 2.03. The maximum absolute atomic E-state index is 5.82. The van der Waals surface area contributed by atoms with E-state index < -0.39 is 0 Å². The first kappa shape index (κ1) is 25.3. The Hall–Kier alpha value is -1.72. The fourth-order valence-corrected chi connectivity index (χ4v) is 2.47. The summed E-state index contributed by atoms with van der Waals surface area (Å²) in [7, 11) is 3.62. The lowest BCUT2D eigenvalue weighted by molar-refractivity contribution is 0.0931. The van der Waals surface area contributed by atoms with Crippen LogP contribution in [-0.4, -0.2) is 54.1 Å². The maximum atomic E-state index is 5.82. The van der Waals surface area contributed by atoms with Crippen molar-refractivity contribution in [2.24, 2.45) is 18.0 Å². The van der Waals surface area contributed by atoms with Gasteiger partial charge in [-0.1, -0.05) is 37.3 Å². The summed E-state index contributed by atoms with van der Waals surface area (Å²) in [5.74, 6) is 2.77. The number of aryl methyl sites for hydroxylation is 1. The van der Waals surface area contributed by atoms with E-state index in [4.69, 9.17) is 9.47 Å². The minimum Gasteiger partial charge on any atom is -0.383 e. The van der Waals surface area contributed by atoms with Crippen LogP contribution in [0.15, 0.2) is 35.3 Å². The van der Waals surface area contributed by atoms with Gasteiger partial charge >= 0.3 is 0 Å². The number of rotatable bonds is 11. The number of halogens is 1. The van der Waals surface area contributed by atoms with Crippen molar-refractivity contribution in [2.45, 2.75) is 27.0 Å². The zero-order chi connectivity index (χ0) is 20.2. The average Bonchev–Trinajstić information content (AvgIpc) is 3.02. The Kier molecular flexibility index (Phi) is 12.5. The highest BCUT2D eigenvalue weighted by atomic mass is 127. The predicted molar refractivity (Wildman–Crippen MR) is 125 cm³/mol. The molecule has 29 heavy (non-hydrogen) atoms. The SMILES string of the molecule is COCCNC(=NCc1nnc(C)n1C)NCC(C)COCc1ccccc1.I. The summed E-state index contributed by atoms with van der Waals surface area (Å²) in [6, 6.07) is 10.2. The molecule has 0 fully saturated rings. The molecule has 2 aromatic rings. The van der Waals surface area contributed by atoms with Crippen LogP contribution >= 0.6 is 24.0 Å². The van der Waals surface area contributed by atoms with Crippen LogP contribution in [-0.2, 0) is 29.7 Å². The second kappa shape index (κ2) is 14.3. The summed E-state index contributed by atoms with van der Waals surface area (Å²) >= 11 is 0. The van der Waals surface area contributed by atoms with Gasteiger partial charge in [-0.3, -0.25) is 0 Å². The molecule has 1 aromatic heterocycles. The number of benzene rings is 1. The monoisotopic (exact) mass is 516 g/mol. The largest absolute Gasteiger partial charge is 0.383 e. The standard InChI is InChI=1S/C20H32N6O2.HI/c1-16(14-28-15-18-8-6-5-7-9-18)12-22-20(21-10-11-27-4)23-13-19-25-24-17(2)26(19)3;/h5-9,16H,10-15H2,1-4H3,(H2,21,22,23);1H. The normalized spacial score (nSPS) is 12.3. The van der Waals surface area contributed by atoms with Crippen LogP contribution in [0.1, 0.15) is 24.1 Å². The Balaban J connectivity index is 0.00000420. The van der Waals surface area contributed by atoms with Gasteiger partial charge in [-0.05, 0) is 18.4 Å². The Morgan fingerprint density at radius 1 is 1.21 bits per heavy atom. The first-order valence-electron chi connectivity index (χ1n) is 9.57. The third-order valence-corrected chi connectivity index (χ3v) is 4.29. The predicted octanol–water partition coefficient (Wildman–Crippen LogP) is 2.28. The van der Waals surface area contributed by atoms with Gasteiger partial charge in [0.05, 0.1) is 19.8 Å². The van der Waals surface area contributed by atoms with E-state index in [-0.39, 0.29) is 24.0 Å². The molecule has 0 saturated carbocycles. The van der Waals surface area contributed by atoms with E-state index >= 15 is 0 Å². The minimum atomic E-state index is 0. The van der Waals surface area contributed by atoms with Crippen molar-refractivity contribution in [1.29, 1.82) is 0 Å². The Bertz CT molecular complexity index is 723. The lowest BCUT2D eigenvalue weighted by Crippen LogP contribution is -2.41. The second-order valence-corrected chi connectivity index (χ2v) is 6.79. The number of ether oxygens (including phenoxy) is 2. The number of nitrogens with zero attached hydrogens (tertiary/aromatic N) is 4. The van der Waals surface area contributed by atoms with Crippen LogP contribution in [0.2, 0.25) is 0 Å². The molecule has 8 nitrogen and oxygen atoms in total. The van der Waals surface area contributed by atoms with Crippen molar-refractivity contribution in [3.05, 3.63) is 47.5 Å². The molecule has 2 rings (SSSR count). The molecular weight excluding hydrogens is 483 g/mol. The lowest BCUT2D eigenvalue weighted by atomic mass is 10.2. The van der Waals surface area contributed by atoms with E-state index in [2.05, 4.69) is 44.9 Å². The number of aliphatic imine (C=N–C) groups is 1. The molecule has 1 aromatic carbocycles. The highest BCUT2D eigenvalue weighted by molar-refractivity contribution is 14.0. The van der Waals surface area contributed by atoms with E-state index in [0.717, 1.165) is 24.2 Å². The summed E-state index contributed by atoms with van der Waals surface area (Å²) < 4.78 is 12.9. The van der Waals surface area contributed by atoms with Gasteiger partial charge in [-0.25, -0.2) is 4.99 Å². The van der Waals surface area contributed by atoms with Crippen LogP contribution in [0.4, 0.5) is 0 Å². The summed E-state index contributed by atoms with van der Waals surface area (Å²) in [5, 5.41) is 14.9. The van der Waals surface area contributed by atoms with Crippen LogP contribution in [0.5, 0.6) is 0 Å². The number of guanidine groups is 1. The summed E-state index contributed by atoms with van der Waals surface area (Å²) in [6.45, 7) is 7.88. The number of hydrogen-bond acceptors (Lipinski definition) is 5. The zero-order valence-corrected chi connectivity index (χ0v) is 20.1. The average molecular weight is 516 g/mol. The molecule has 0 radical (unpaired) electrons. The van der Waals surface area contributed by atoms with Gasteiger partial charge in [0.15, 0.2) is 11.8 Å². The van der Waals surface area contributed by atoms with Crippen molar-refractivity contribution < 1.29 is 9.47 Å². The van der Waals surface area contributed by atoms with Crippen molar-refractivity contribution >= 4 is 29.9 Å². The quantitative estimate of drug-likeness (QED) is 0.206. The molecule has 0 spiro atoms. The fourth-order valence-electron chi connectivity index (χ4n) is 2.47. The molecule has 1 atom stereocenters. The molecule has 1 unspecified atom stereocenters. The van der Waals surface area contributed by atoms with Crippen LogP contribution < -0.4 is 10.6 Å². The highest BCUT2D eigenvalue weighted by Gasteiger charge is 2.07. The summed E-state index contributed by atoms with van der Waals surface area (Å²) in [6.07, 6.45) is 0. The Morgan fingerprint density at radius 3 is 2.62 bits per heavy atom. The first-order valence-corrected chi connectivity index (χ1v) is 9.57. The Labute approximate surface area is 190 Å². The molecule has 0 amide bonds. The van der Waals surface area contributed by atoms with Crippen LogP contribution in [0.25, 0.3) is 0 Å². The molecule has 2 N–H and O–H groups in total. The lowest BCUT2D eigenvalue weighted by Gasteiger charge is -2.16. The molecule has 0 saturated heterocycles. The zero-order valence-electron chi connectivity index (χ0n) is 17.7. The Morgan fingerprint density at radius 2 is 1.97 bits per heavy atom. The van der Waals surface area contributed by atoms with Crippen molar-refractivity contribution in [3.8, 4) is 0 Å². The van der Waals surface area contributed by atoms with Gasteiger partial charge in [0.2, 0.25) is 0 Å². The van der Waals surface area contributed by atoms with Crippen molar-refractivity contribution in [2.75, 3.05) is 33.4 Å². The van der Waals surface area contributed by atoms with Gasteiger partial charge in [0, 0.05) is 27.2 Å². The second-order valence-electron chi connectivity index (χ2n) is 6.79. The molecule has 0 aliphatic carbocycles. The number of nitrogens with one attached hydrogen (secondary N) is 2. The van der Waals surface area contributed by atoms with Crippen molar-refractivity contribution in [3.63, 3.8) is 0 Å². The molecule has 0 aliphatic rings. The van der Waals surface area contributed by atoms with Gasteiger partial charge < -0.3 is 24.7 Å². The third-order valence-electron chi connectivity index (χ3n) is 4.29. The summed E-state index contributed by atoms with van der Waals surface area (Å²) in [5.41, 5.74) is 1.19. The molecule has 1 heterocycles. The van der Waals surface area contributed by atoms with Gasteiger partial charge in [0.1, 0.15) is 12.4 Å². The fraction of sp³-hybridized carbons (Fsp3) is 0.550. The molecule has 0 bridgehead atoms. The molecule has 9 heteroatoms. The van der Waals surface area contributed by atoms with Gasteiger partial charge in [-0.15, -0.1) is 34.2 Å². The maximum Gasteiger partial charge on any atom is 0.191 e. The molecule has 0 aliphatic heterocycles. The number of hydrogen-bond donors (Lipinski definition) is 2. The van der Waals surface area contributed by atoms with Crippen LogP contribution in [0.3, 0.4) is 0 Å². The molecule has 162 valence electrons. The third kappa shape index (κ3) is 9.55. The van der Waals surface area contributed by atoms with E-state index in [9.17, 15) is 0 Å². The summed E-state index contributed by atoms with van der Waals surface area (Å²) in [4.78, 5) is 4.61. The topological polar surface area (TPSA) is 85.6 Å². The van der Waals surface area contributed by atoms with Crippen LogP contribution in [0, 0.1) is 12.8 Å². The first-order chi connectivity index (χ1) is 13.6. The van der Waals surface area contributed by atoms with E-state index in [1.54, 1.807) is 7.11 Å². The number of methoxy groups -OCH3 is 1. The van der Waals surface area contributed by atoms with E-state index in [1.165, 1.54) is 5.56 Å². The molecular formula is C20H33IN6O2. The minimum absolute atomic E-state index is 0. The van der Waals surface area contributed by atoms with Gasteiger partial charge in [-0.2, -0.15) is 0 Å². The van der Waals surface area contributed by atoms with E-state index in [0.29, 0.717) is 38.8 Å². The van der Waals surface area contributed by atoms with Crippen molar-refractivity contribution in [1.82, 2.24) is 25.4 Å². The van der Waals surface area contributed by atoms with Gasteiger partial charge in [0.25, 0.3) is 0 Å². The smallest absolute Gasteiger partial charge is 0.191 e. The number of aromatic nitrogens is 3.